The highest BCUT2D eigenvalue weighted by molar-refractivity contribution is 6.22. The zero-order chi connectivity index (χ0) is 13.2. The number of carbonyl (C=O) groups excluding carboxylic acids is 2. The van der Waals surface area contributed by atoms with E-state index in [1.54, 1.807) is 0 Å². The fraction of sp³-hybridized carbons (Fsp3) is 0.500. The zero-order valence-corrected chi connectivity index (χ0v) is 9.94. The average Bonchev–Trinajstić information content (AvgIpc) is 2.51. The molecule has 1 atom stereocenters. The first-order chi connectivity index (χ1) is 7.84. The van der Waals surface area contributed by atoms with Crippen LogP contribution in [0.1, 0.15) is 20.8 Å². The van der Waals surface area contributed by atoms with Gasteiger partial charge in [-0.3, -0.25) is 4.79 Å². The number of urea groups is 1. The Balaban J connectivity index is 2.99. The van der Waals surface area contributed by atoms with E-state index in [0.29, 0.717) is 0 Å². The van der Waals surface area contributed by atoms with Gasteiger partial charge in [-0.05, 0) is 12.8 Å². The van der Waals surface area contributed by atoms with Gasteiger partial charge in [-0.25, -0.2) is 10.2 Å². The van der Waals surface area contributed by atoms with Crippen molar-refractivity contribution >= 4 is 17.6 Å². The lowest BCUT2D eigenvalue weighted by molar-refractivity contribution is -0.116. The molecule has 0 aliphatic carbocycles. The lowest BCUT2D eigenvalue weighted by atomic mass is 10.0. The molecule has 1 rings (SSSR count). The summed E-state index contributed by atoms with van der Waals surface area (Å²) in [6, 6.07) is -1.25. The van der Waals surface area contributed by atoms with Crippen LogP contribution in [-0.2, 0) is 4.79 Å². The molecule has 0 radical (unpaired) electrons. The fourth-order valence-electron chi connectivity index (χ4n) is 1.58. The van der Waals surface area contributed by atoms with Crippen LogP contribution in [0.3, 0.4) is 0 Å². The maximum absolute atomic E-state index is 11.6. The summed E-state index contributed by atoms with van der Waals surface area (Å²) in [5.41, 5.74) is 7.15. The quantitative estimate of drug-likeness (QED) is 0.410. The first kappa shape index (κ1) is 13.0. The van der Waals surface area contributed by atoms with Crippen LogP contribution in [0.4, 0.5) is 4.79 Å². The number of primary amides is 1. The van der Waals surface area contributed by atoms with E-state index in [9.17, 15) is 14.7 Å². The lowest BCUT2D eigenvalue weighted by Gasteiger charge is -2.14. The van der Waals surface area contributed by atoms with Gasteiger partial charge in [-0.1, -0.05) is 13.8 Å². The lowest BCUT2D eigenvalue weighted by Crippen LogP contribution is -2.33. The topological polar surface area (TPSA) is 117 Å². The van der Waals surface area contributed by atoms with Gasteiger partial charge in [0, 0.05) is 0 Å². The minimum Gasteiger partial charge on any atom is -0.509 e. The van der Waals surface area contributed by atoms with E-state index in [1.807, 2.05) is 19.3 Å². The Kier molecular flexibility index (Phi) is 3.72. The highest BCUT2D eigenvalue weighted by atomic mass is 16.3. The Morgan fingerprint density at radius 3 is 2.59 bits per heavy atom. The molecule has 0 unspecified atom stereocenters. The van der Waals surface area contributed by atoms with Crippen molar-refractivity contribution in [2.45, 2.75) is 26.8 Å². The molecule has 0 aromatic rings. The van der Waals surface area contributed by atoms with Gasteiger partial charge in [0.25, 0.3) is 5.91 Å². The van der Waals surface area contributed by atoms with Gasteiger partial charge in [0.15, 0.2) is 0 Å². The van der Waals surface area contributed by atoms with E-state index in [0.717, 1.165) is 0 Å². The number of aliphatic hydroxyl groups is 1. The number of rotatable bonds is 3. The highest BCUT2D eigenvalue weighted by Gasteiger charge is 2.34. The largest absolute Gasteiger partial charge is 0.509 e. The maximum Gasteiger partial charge on any atom is 0.332 e. The third-order valence-corrected chi connectivity index (χ3v) is 2.43. The second-order valence-electron chi connectivity index (χ2n) is 4.13. The predicted octanol–water partition coefficient (Wildman–Crippen LogP) is -0.00290. The van der Waals surface area contributed by atoms with E-state index >= 15 is 0 Å². The average molecular weight is 240 g/mol. The summed E-state index contributed by atoms with van der Waals surface area (Å²) in [5.74, 6) is -0.403. The van der Waals surface area contributed by atoms with Crippen molar-refractivity contribution < 1.29 is 14.7 Å². The van der Waals surface area contributed by atoms with Crippen molar-refractivity contribution in [3.8, 4) is 0 Å². The minimum absolute atomic E-state index is 0.0579. The maximum atomic E-state index is 11.6. The number of hydrogen-bond acceptors (Lipinski definition) is 4. The molecule has 0 spiro atoms. The number of hydrazone groups is 1. The molecule has 7 heteroatoms. The molecular weight excluding hydrogens is 224 g/mol. The summed E-state index contributed by atoms with van der Waals surface area (Å²) < 4.78 is 0. The van der Waals surface area contributed by atoms with E-state index in [1.165, 1.54) is 6.92 Å². The second-order valence-corrected chi connectivity index (χ2v) is 4.13. The molecule has 0 saturated carbocycles. The van der Waals surface area contributed by atoms with Gasteiger partial charge in [-0.2, -0.15) is 5.10 Å². The summed E-state index contributed by atoms with van der Waals surface area (Å²) in [6.45, 7) is 5.25. The van der Waals surface area contributed by atoms with Crippen LogP contribution in [0.25, 0.3) is 0 Å². The van der Waals surface area contributed by atoms with E-state index < -0.39 is 18.0 Å². The van der Waals surface area contributed by atoms with Crippen molar-refractivity contribution in [1.82, 2.24) is 10.7 Å². The van der Waals surface area contributed by atoms with Gasteiger partial charge < -0.3 is 16.2 Å². The van der Waals surface area contributed by atoms with E-state index in [-0.39, 0.29) is 23.0 Å². The van der Waals surface area contributed by atoms with Crippen LogP contribution in [0, 0.1) is 5.92 Å². The molecule has 3 amide bonds. The minimum atomic E-state index is -0.830. The third kappa shape index (κ3) is 2.74. The van der Waals surface area contributed by atoms with Crippen LogP contribution in [0.5, 0.6) is 0 Å². The molecule has 7 nitrogen and oxygen atoms in total. The van der Waals surface area contributed by atoms with Gasteiger partial charge in [0.1, 0.15) is 11.3 Å². The van der Waals surface area contributed by atoms with Crippen LogP contribution in [0.2, 0.25) is 0 Å². The Morgan fingerprint density at radius 1 is 1.59 bits per heavy atom. The molecule has 1 heterocycles. The Hall–Kier alpha value is -2.05. The molecule has 0 aromatic carbocycles. The number of nitrogens with zero attached hydrogens (tertiary/aromatic N) is 1. The molecule has 5 N–H and O–H groups in total. The fourth-order valence-corrected chi connectivity index (χ4v) is 1.58. The molecule has 0 saturated heterocycles. The molecule has 1 aliphatic rings. The van der Waals surface area contributed by atoms with E-state index in [2.05, 4.69) is 10.4 Å². The normalized spacial score (nSPS) is 20.8. The summed E-state index contributed by atoms with van der Waals surface area (Å²) in [5, 5.41) is 16.1. The number of carbonyl (C=O) groups is 2. The molecule has 17 heavy (non-hydrogen) atoms. The van der Waals surface area contributed by atoms with Gasteiger partial charge in [0.05, 0.1) is 11.8 Å². The van der Waals surface area contributed by atoms with E-state index in [4.69, 9.17) is 5.73 Å². The molecule has 94 valence electrons. The van der Waals surface area contributed by atoms with Gasteiger partial charge >= 0.3 is 6.03 Å². The number of nitrogens with two attached hydrogens (primary N) is 1. The SMILES string of the molecule is C/C(=N/NC(N)=O)C1=C(O)[C@H](C(C)C)NC1=O. The number of amides is 3. The zero-order valence-electron chi connectivity index (χ0n) is 9.94. The highest BCUT2D eigenvalue weighted by Crippen LogP contribution is 2.21. The Labute approximate surface area is 98.8 Å². The first-order valence-corrected chi connectivity index (χ1v) is 5.18. The van der Waals surface area contributed by atoms with Crippen molar-refractivity contribution in [2.24, 2.45) is 16.8 Å². The molecule has 0 aromatic heterocycles. The number of aliphatic hydroxyl groups excluding tert-OH is 1. The van der Waals surface area contributed by atoms with Gasteiger partial charge in [0.2, 0.25) is 0 Å². The predicted molar refractivity (Wildman–Crippen MR) is 62.3 cm³/mol. The van der Waals surface area contributed by atoms with Crippen LogP contribution in [-0.4, -0.2) is 28.8 Å². The van der Waals surface area contributed by atoms with Crippen molar-refractivity contribution in [3.63, 3.8) is 0 Å². The van der Waals surface area contributed by atoms with Crippen LogP contribution < -0.4 is 16.5 Å². The second kappa shape index (κ2) is 4.86. The van der Waals surface area contributed by atoms with Gasteiger partial charge in [-0.15, -0.1) is 0 Å². The molecular formula is C10H16N4O3. The van der Waals surface area contributed by atoms with Crippen LogP contribution in [0.15, 0.2) is 16.4 Å². The summed E-state index contributed by atoms with van der Waals surface area (Å²) in [4.78, 5) is 22.1. The standard InChI is InChI=1S/C10H16N4O3/c1-4(2)7-8(15)6(9(16)12-7)5(3)13-14-10(11)17/h4,7,15H,1-3H3,(H,12,16)(H3,11,14,17)/b13-5-/t7-/m0/s1. The first-order valence-electron chi connectivity index (χ1n) is 5.18. The Morgan fingerprint density at radius 2 is 2.18 bits per heavy atom. The molecule has 0 bridgehead atoms. The number of hydrogen-bond donors (Lipinski definition) is 4. The smallest absolute Gasteiger partial charge is 0.332 e. The van der Waals surface area contributed by atoms with Crippen LogP contribution >= 0.6 is 0 Å². The van der Waals surface area contributed by atoms with Crippen molar-refractivity contribution in [2.75, 3.05) is 0 Å². The van der Waals surface area contributed by atoms with Crippen molar-refractivity contribution in [1.29, 1.82) is 0 Å². The summed E-state index contributed by atoms with van der Waals surface area (Å²) in [7, 11) is 0. The molecule has 1 aliphatic heterocycles. The summed E-state index contributed by atoms with van der Waals surface area (Å²) in [6.07, 6.45) is 0. The summed E-state index contributed by atoms with van der Waals surface area (Å²) >= 11 is 0. The monoisotopic (exact) mass is 240 g/mol. The Bertz CT molecular complexity index is 412. The molecule has 0 fully saturated rings. The third-order valence-electron chi connectivity index (χ3n) is 2.43. The van der Waals surface area contributed by atoms with Crippen molar-refractivity contribution in [3.05, 3.63) is 11.3 Å². The number of nitrogens with one attached hydrogen (secondary N) is 2.